The predicted molar refractivity (Wildman–Crippen MR) is 440 cm³/mol. The molecule has 3 aliphatic rings. The van der Waals surface area contributed by atoms with E-state index < -0.39 is 225 Å². The Hall–Kier alpha value is -10.7. The van der Waals surface area contributed by atoms with Gasteiger partial charge in [0.15, 0.2) is 0 Å². The Morgan fingerprint density at radius 1 is 0.442 bits per heavy atom. The first-order chi connectivity index (χ1) is 55.4. The largest absolute Gasteiger partial charge is 0.394 e. The number of rotatable bonds is 40. The van der Waals surface area contributed by atoms with Crippen LogP contribution in [0.1, 0.15) is 207 Å². The van der Waals surface area contributed by atoms with Gasteiger partial charge in [0.1, 0.15) is 86.6 Å². The minimum Gasteiger partial charge on any atom is -0.394 e. The van der Waals surface area contributed by atoms with Gasteiger partial charge in [0, 0.05) is 52.2 Å². The third-order valence-electron chi connectivity index (χ3n) is 21.9. The maximum absolute atomic E-state index is 14.8. The monoisotopic (exact) mass is 1680 g/mol. The lowest BCUT2D eigenvalue weighted by molar-refractivity contribution is -0.149. The van der Waals surface area contributed by atoms with E-state index in [0.29, 0.717) is 19.3 Å². The summed E-state index contributed by atoms with van der Waals surface area (Å²) in [7, 11) is 0. The summed E-state index contributed by atoms with van der Waals surface area (Å²) in [5, 5.41) is 66.5. The van der Waals surface area contributed by atoms with Crippen LogP contribution >= 0.6 is 0 Å². The number of aliphatic hydroxyl groups excluding tert-OH is 3. The van der Waals surface area contributed by atoms with E-state index in [-0.39, 0.29) is 64.1 Å². The Morgan fingerprint density at radius 3 is 1.35 bits per heavy atom. The zero-order valence-electron chi connectivity index (χ0n) is 72.9. The van der Waals surface area contributed by atoms with E-state index in [0.717, 1.165) is 20.9 Å². The second-order valence-electron chi connectivity index (χ2n) is 35.7. The van der Waals surface area contributed by atoms with Crippen molar-refractivity contribution in [1.82, 2.24) is 83.8 Å². The second kappa shape index (κ2) is 41.0. The number of benzene rings is 2. The Kier molecular flexibility index (Phi) is 34.2. The minimum atomic E-state index is -1.92. The van der Waals surface area contributed by atoms with Crippen molar-refractivity contribution in [1.29, 1.82) is 0 Å². The summed E-state index contributed by atoms with van der Waals surface area (Å²) < 4.78 is 0. The molecule has 0 spiro atoms. The number of nitrogens with two attached hydrogens (primary N) is 1. The number of nitrogens with one attached hydrogen (secondary N) is 13. The smallest absolute Gasteiger partial charge is 0.248 e. The molecule has 2 aromatic carbocycles. The van der Waals surface area contributed by atoms with E-state index >= 15 is 0 Å². The SMILES string of the molecule is CC[C@](C)(NC(=O)[C@H](CC(C)C)NC(=O)[C@H](C)NC(=O)C(C)(C)NC(=O)C(C)(C)NC(=O)C(C)(C)NC(=O)C(C)(C)NC(=O)[C@H](Cc1ccccc1)NC(C)=O)C(=O)NC(C)(C)C(=O)N1C[C@H](O)C[C@H]1C(=O)N[C@@H](CCC(N)=O)C(=O)N[C@@](C)(CC)C(=O)N1C[C@H](O)C[C@H]1C(=O)NC(C)(C)C(=O)N1CCC[C@H]1C(=O)N[C@H](CO)Cc1ccccc1. The molecular formula is C83H129N17O20. The van der Waals surface area contributed by atoms with Crippen molar-refractivity contribution in [3.63, 3.8) is 0 Å². The molecule has 18 N–H and O–H groups in total. The highest BCUT2D eigenvalue weighted by molar-refractivity contribution is 6.04. The van der Waals surface area contributed by atoms with Gasteiger partial charge in [-0.25, -0.2) is 0 Å². The normalized spacial score (nSPS) is 19.3. The fourth-order valence-electron chi connectivity index (χ4n) is 14.0. The van der Waals surface area contributed by atoms with Crippen LogP contribution in [-0.4, -0.2) is 262 Å². The van der Waals surface area contributed by atoms with Gasteiger partial charge in [-0.2, -0.15) is 0 Å². The molecular weight excluding hydrogens is 1560 g/mol. The number of hydrogen-bond donors (Lipinski definition) is 17. The van der Waals surface area contributed by atoms with Crippen LogP contribution in [0.4, 0.5) is 0 Å². The maximum atomic E-state index is 14.8. The predicted octanol–water partition coefficient (Wildman–Crippen LogP) is -1.91. The van der Waals surface area contributed by atoms with Gasteiger partial charge in [0.05, 0.1) is 24.9 Å². The van der Waals surface area contributed by atoms with E-state index in [1.807, 2.05) is 30.3 Å². The average molecular weight is 1690 g/mol. The summed E-state index contributed by atoms with van der Waals surface area (Å²) >= 11 is 0. The van der Waals surface area contributed by atoms with Gasteiger partial charge in [-0.15, -0.1) is 0 Å². The number of carbonyl (C=O) groups excluding carboxylic acids is 17. The first-order valence-electron chi connectivity index (χ1n) is 40.7. The maximum Gasteiger partial charge on any atom is 0.248 e. The second-order valence-corrected chi connectivity index (χ2v) is 35.7. The molecule has 17 amide bonds. The Bertz CT molecular complexity index is 4120. The van der Waals surface area contributed by atoms with Crippen molar-refractivity contribution in [2.45, 2.75) is 314 Å². The van der Waals surface area contributed by atoms with Crippen LogP contribution in [0.2, 0.25) is 0 Å². The molecule has 120 heavy (non-hydrogen) atoms. The topological polar surface area (TPSA) is 543 Å². The lowest BCUT2D eigenvalue weighted by Crippen LogP contribution is -2.68. The van der Waals surface area contributed by atoms with Crippen LogP contribution in [0, 0.1) is 5.92 Å². The van der Waals surface area contributed by atoms with Crippen molar-refractivity contribution in [2.24, 2.45) is 11.7 Å². The molecule has 3 heterocycles. The van der Waals surface area contributed by atoms with Crippen LogP contribution in [0.15, 0.2) is 60.7 Å². The summed E-state index contributed by atoms with van der Waals surface area (Å²) in [6, 6.07) is 8.18. The van der Waals surface area contributed by atoms with Gasteiger partial charge in [0.25, 0.3) is 0 Å². The molecule has 0 aromatic heterocycles. The zero-order chi connectivity index (χ0) is 90.9. The molecule has 5 rings (SSSR count). The average Bonchev–Trinajstić information content (AvgIpc) is 1.66. The van der Waals surface area contributed by atoms with Crippen molar-refractivity contribution in [2.75, 3.05) is 26.2 Å². The van der Waals surface area contributed by atoms with Gasteiger partial charge in [-0.05, 0) is 166 Å². The molecule has 37 heteroatoms. The molecule has 0 bridgehead atoms. The molecule has 3 saturated heterocycles. The molecule has 12 atom stereocenters. The fraction of sp³-hybridized carbons (Fsp3) is 0.651. The number of likely N-dealkylation sites (tertiary alicyclic amines) is 3. The highest BCUT2D eigenvalue weighted by atomic mass is 16.3. The van der Waals surface area contributed by atoms with Gasteiger partial charge in [0.2, 0.25) is 100 Å². The number of β-amino-alcohol motifs (C(OH)–C–C–N with tert-alkyl or cyclic N) is 2. The molecule has 0 radical (unpaired) electrons. The van der Waals surface area contributed by atoms with Gasteiger partial charge in [-0.1, -0.05) is 88.4 Å². The van der Waals surface area contributed by atoms with Gasteiger partial charge in [-0.3, -0.25) is 81.5 Å². The quantitative estimate of drug-likeness (QED) is 0.0346. The summed E-state index contributed by atoms with van der Waals surface area (Å²) in [5.74, 6) is -14.0. The highest BCUT2D eigenvalue weighted by Crippen LogP contribution is 2.29. The number of amides is 17. The fourth-order valence-corrected chi connectivity index (χ4v) is 14.0. The minimum absolute atomic E-state index is 0.00363. The molecule has 0 saturated carbocycles. The van der Waals surface area contributed by atoms with Crippen LogP contribution in [0.25, 0.3) is 0 Å². The summed E-state index contributed by atoms with van der Waals surface area (Å²) in [5.41, 5.74) is -7.03. The molecule has 0 unspecified atom stereocenters. The molecule has 3 aliphatic heterocycles. The molecule has 3 fully saturated rings. The molecule has 2 aromatic rings. The van der Waals surface area contributed by atoms with Crippen molar-refractivity contribution in [3.8, 4) is 0 Å². The van der Waals surface area contributed by atoms with Gasteiger partial charge < -0.3 is 105 Å². The highest BCUT2D eigenvalue weighted by Gasteiger charge is 2.52. The van der Waals surface area contributed by atoms with Gasteiger partial charge >= 0.3 is 0 Å². The first-order valence-corrected chi connectivity index (χ1v) is 40.7. The van der Waals surface area contributed by atoms with Crippen LogP contribution in [-0.2, 0) is 94.3 Å². The number of nitrogens with zero attached hydrogens (tertiary/aromatic N) is 3. The number of aliphatic hydroxyl groups is 3. The van der Waals surface area contributed by atoms with Crippen LogP contribution < -0.4 is 74.9 Å². The van der Waals surface area contributed by atoms with E-state index in [1.54, 1.807) is 58.0 Å². The summed E-state index contributed by atoms with van der Waals surface area (Å²) in [4.78, 5) is 241. The van der Waals surface area contributed by atoms with E-state index in [9.17, 15) is 96.8 Å². The lowest BCUT2D eigenvalue weighted by Gasteiger charge is -2.38. The summed E-state index contributed by atoms with van der Waals surface area (Å²) in [6.45, 7) is 27.2. The van der Waals surface area contributed by atoms with Crippen LogP contribution in [0.3, 0.4) is 0 Å². The Labute approximate surface area is 701 Å². The van der Waals surface area contributed by atoms with E-state index in [1.165, 1.54) is 116 Å². The number of hydrogen-bond acceptors (Lipinski definition) is 20. The van der Waals surface area contributed by atoms with E-state index in [4.69, 9.17) is 5.73 Å². The van der Waals surface area contributed by atoms with Crippen LogP contribution in [0.5, 0.6) is 0 Å². The third kappa shape index (κ3) is 26.9. The Balaban J connectivity index is 1.20. The molecule has 0 aliphatic carbocycles. The molecule has 37 nitrogen and oxygen atoms in total. The van der Waals surface area contributed by atoms with E-state index in [2.05, 4.69) is 69.1 Å². The standard InChI is InChI=1S/C83H129N17O20/c1-21-82(19,92-64(109)55(38-46(3)4)89-61(106)47(5)85-68(113)76(7,8)94-70(115)78(11,12)96-71(116)79(13,14)95-69(114)77(9,10)90-63(108)56(86-48(6)102)40-50-32-27-24-28-33-50)72(117)97-81(17,18)74(119)99-43-52(103)41-58(99)66(111)88-54(35-36-60(84)105)62(107)93-83(20,22-2)75(120)100-44-53(104)42-59(100)67(112)91-80(15,16)73(118)98-37-29-34-57(98)65(110)87-51(45-101)39-49-30-25-23-26-31-49/h23-28,30-33,46-47,51-59,101,103-104H,21-22,29,34-45H2,1-20H3,(H2,84,105)(H,85,113)(H,86,102)(H,87,110)(H,88,111)(H,89,106)(H,90,108)(H,91,112)(H,92,109)(H,93,107)(H,94,115)(H,95,114)(H,96,116)(H,97,117)/t47-,51-,52+,53+,54-,55-,56-,57-,58-,59-,82-,83-/m0/s1. The van der Waals surface area contributed by atoms with Crippen molar-refractivity contribution < 1.29 is 96.8 Å². The first kappa shape index (κ1) is 99.9. The van der Waals surface area contributed by atoms with Crippen molar-refractivity contribution >= 4 is 100 Å². The number of primary amides is 1. The summed E-state index contributed by atoms with van der Waals surface area (Å²) in [6.07, 6.45) is -3.18. The number of carbonyl (C=O) groups is 17. The Morgan fingerprint density at radius 2 is 0.867 bits per heavy atom. The lowest BCUT2D eigenvalue weighted by atomic mass is 9.93. The third-order valence-corrected chi connectivity index (χ3v) is 21.9. The zero-order valence-corrected chi connectivity index (χ0v) is 72.9. The van der Waals surface area contributed by atoms with Crippen molar-refractivity contribution in [3.05, 3.63) is 71.8 Å². The molecule has 666 valence electrons.